The normalized spacial score (nSPS) is 13.3. The third-order valence-electron chi connectivity index (χ3n) is 4.58. The number of nitrogens with zero attached hydrogens (tertiary/aromatic N) is 1. The van der Waals surface area contributed by atoms with Gasteiger partial charge < -0.3 is 15.5 Å². The van der Waals surface area contributed by atoms with Gasteiger partial charge in [-0.3, -0.25) is 0 Å². The van der Waals surface area contributed by atoms with Crippen LogP contribution in [0.1, 0.15) is 23.6 Å². The monoisotopic (exact) mass is 353 g/mol. The zero-order valence-electron chi connectivity index (χ0n) is 16.3. The second-order valence-corrected chi connectivity index (χ2v) is 7.25. The largest absolute Gasteiger partial charge is 0.337 e. The van der Waals surface area contributed by atoms with Crippen molar-refractivity contribution in [3.63, 3.8) is 0 Å². The predicted molar refractivity (Wildman–Crippen MR) is 109 cm³/mol. The van der Waals surface area contributed by atoms with Crippen LogP contribution in [0, 0.1) is 6.92 Å². The Bertz CT molecular complexity index is 668. The summed E-state index contributed by atoms with van der Waals surface area (Å²) in [7, 11) is 4.10. The van der Waals surface area contributed by atoms with Crippen LogP contribution in [0.5, 0.6) is 0 Å². The average Bonchev–Trinajstić information content (AvgIpc) is 2.61. The van der Waals surface area contributed by atoms with Crippen molar-refractivity contribution in [1.29, 1.82) is 0 Å². The molecule has 140 valence electrons. The first-order chi connectivity index (χ1) is 12.4. The molecule has 0 aromatic heterocycles. The Labute approximate surface area is 157 Å². The first-order valence-electron chi connectivity index (χ1n) is 9.24. The lowest BCUT2D eigenvalue weighted by molar-refractivity contribution is 0.229. The third-order valence-corrected chi connectivity index (χ3v) is 4.58. The van der Waals surface area contributed by atoms with Crippen LogP contribution in [0.25, 0.3) is 0 Å². The molecule has 26 heavy (non-hydrogen) atoms. The fourth-order valence-corrected chi connectivity index (χ4v) is 2.94. The van der Waals surface area contributed by atoms with E-state index >= 15 is 0 Å². The molecule has 4 nitrogen and oxygen atoms in total. The number of rotatable bonds is 8. The van der Waals surface area contributed by atoms with Crippen molar-refractivity contribution in [2.24, 2.45) is 0 Å². The van der Waals surface area contributed by atoms with Gasteiger partial charge in [0.15, 0.2) is 0 Å². The molecule has 4 heteroatoms. The Balaban J connectivity index is 1.79. The van der Waals surface area contributed by atoms with Crippen LogP contribution in [-0.2, 0) is 12.8 Å². The molecule has 2 aromatic carbocycles. The van der Waals surface area contributed by atoms with Crippen molar-refractivity contribution in [3.8, 4) is 0 Å². The third kappa shape index (κ3) is 6.89. The Morgan fingerprint density at radius 1 is 0.962 bits per heavy atom. The van der Waals surface area contributed by atoms with Crippen LogP contribution in [0.15, 0.2) is 54.6 Å². The van der Waals surface area contributed by atoms with Crippen LogP contribution in [0.2, 0.25) is 0 Å². The number of amides is 2. The number of benzene rings is 2. The molecule has 2 aromatic rings. The van der Waals surface area contributed by atoms with Gasteiger partial charge in [0.2, 0.25) is 0 Å². The number of nitrogens with one attached hydrogen (secondary N) is 2. The molecule has 0 saturated heterocycles. The highest BCUT2D eigenvalue weighted by molar-refractivity contribution is 5.74. The lowest BCUT2D eigenvalue weighted by Crippen LogP contribution is -2.47. The maximum Gasteiger partial charge on any atom is 0.315 e. The molecule has 2 N–H and O–H groups in total. The van der Waals surface area contributed by atoms with E-state index in [1.807, 2.05) is 27.1 Å². The topological polar surface area (TPSA) is 44.4 Å². The van der Waals surface area contributed by atoms with E-state index in [0.717, 1.165) is 12.8 Å². The number of hydrogen-bond donors (Lipinski definition) is 2. The molecule has 0 heterocycles. The summed E-state index contributed by atoms with van der Waals surface area (Å²) in [5.74, 6) is 0. The molecule has 0 saturated carbocycles. The summed E-state index contributed by atoms with van der Waals surface area (Å²) < 4.78 is 0. The Morgan fingerprint density at radius 3 is 2.19 bits per heavy atom. The number of carbonyl (C=O) groups excluding carboxylic acids is 1. The number of hydrogen-bond acceptors (Lipinski definition) is 2. The quantitative estimate of drug-likeness (QED) is 0.764. The van der Waals surface area contributed by atoms with Crippen molar-refractivity contribution < 1.29 is 4.79 Å². The van der Waals surface area contributed by atoms with E-state index in [1.54, 1.807) is 0 Å². The minimum Gasteiger partial charge on any atom is -0.337 e. The molecule has 0 fully saturated rings. The van der Waals surface area contributed by atoms with Crippen molar-refractivity contribution >= 4 is 6.03 Å². The van der Waals surface area contributed by atoms with Gasteiger partial charge in [-0.25, -0.2) is 4.79 Å². The fraction of sp³-hybridized carbons (Fsp3) is 0.409. The lowest BCUT2D eigenvalue weighted by atomic mass is 10.1. The van der Waals surface area contributed by atoms with Crippen molar-refractivity contribution in [2.45, 2.75) is 38.8 Å². The molecule has 2 unspecified atom stereocenters. The van der Waals surface area contributed by atoms with Gasteiger partial charge in [-0.15, -0.1) is 0 Å². The molecule has 2 amide bonds. The molecule has 2 rings (SSSR count). The highest BCUT2D eigenvalue weighted by Gasteiger charge is 2.14. The van der Waals surface area contributed by atoms with E-state index < -0.39 is 0 Å². The van der Waals surface area contributed by atoms with Gasteiger partial charge in [0.25, 0.3) is 0 Å². The Hall–Kier alpha value is -2.33. The molecule has 2 atom stereocenters. The zero-order valence-corrected chi connectivity index (χ0v) is 16.3. The summed E-state index contributed by atoms with van der Waals surface area (Å²) in [4.78, 5) is 14.4. The fourth-order valence-electron chi connectivity index (χ4n) is 2.94. The maximum absolute atomic E-state index is 12.2. The van der Waals surface area contributed by atoms with Crippen LogP contribution in [-0.4, -0.2) is 43.7 Å². The molecular formula is C22H31N3O. The average molecular weight is 354 g/mol. The molecule has 0 aliphatic rings. The van der Waals surface area contributed by atoms with E-state index in [1.165, 1.54) is 16.7 Å². The van der Waals surface area contributed by atoms with E-state index in [0.29, 0.717) is 6.54 Å². The summed E-state index contributed by atoms with van der Waals surface area (Å²) in [6.07, 6.45) is 1.74. The second kappa shape index (κ2) is 9.97. The van der Waals surface area contributed by atoms with Gasteiger partial charge in [-0.05, 0) is 51.9 Å². The van der Waals surface area contributed by atoms with Crippen molar-refractivity contribution in [1.82, 2.24) is 15.5 Å². The van der Waals surface area contributed by atoms with Crippen LogP contribution < -0.4 is 10.6 Å². The van der Waals surface area contributed by atoms with Gasteiger partial charge in [-0.1, -0.05) is 60.2 Å². The Morgan fingerprint density at radius 2 is 1.58 bits per heavy atom. The van der Waals surface area contributed by atoms with Crippen molar-refractivity contribution in [3.05, 3.63) is 71.3 Å². The predicted octanol–water partition coefficient (Wildman–Crippen LogP) is 3.40. The van der Waals surface area contributed by atoms with Gasteiger partial charge >= 0.3 is 6.03 Å². The summed E-state index contributed by atoms with van der Waals surface area (Å²) >= 11 is 0. The van der Waals surface area contributed by atoms with Crippen molar-refractivity contribution in [2.75, 3.05) is 20.6 Å². The van der Waals surface area contributed by atoms with Gasteiger partial charge in [-0.2, -0.15) is 0 Å². The molecule has 0 radical (unpaired) electrons. The standard InChI is InChI=1S/C22H31N3O/c1-17-10-12-20(13-11-17)14-18(2)24-22(26)23-16-21(25(3)4)15-19-8-6-5-7-9-19/h5-13,18,21H,14-16H2,1-4H3,(H2,23,24,26). The number of likely N-dealkylation sites (N-methyl/N-ethyl adjacent to an activating group) is 1. The molecule has 0 bridgehead atoms. The molecular weight excluding hydrogens is 322 g/mol. The van der Waals surface area contributed by atoms with E-state index in [2.05, 4.69) is 71.0 Å². The van der Waals surface area contributed by atoms with Gasteiger partial charge in [0, 0.05) is 18.6 Å². The van der Waals surface area contributed by atoms with E-state index in [9.17, 15) is 4.79 Å². The zero-order chi connectivity index (χ0) is 18.9. The Kier molecular flexibility index (Phi) is 7.67. The van der Waals surface area contributed by atoms with Crippen LogP contribution in [0.4, 0.5) is 4.79 Å². The summed E-state index contributed by atoms with van der Waals surface area (Å²) in [6.45, 7) is 4.73. The highest BCUT2D eigenvalue weighted by atomic mass is 16.2. The van der Waals surface area contributed by atoms with Crippen LogP contribution in [0.3, 0.4) is 0 Å². The molecule has 0 aliphatic heterocycles. The minimum atomic E-state index is -0.107. The van der Waals surface area contributed by atoms with E-state index in [4.69, 9.17) is 0 Å². The van der Waals surface area contributed by atoms with E-state index in [-0.39, 0.29) is 18.1 Å². The number of aryl methyl sites for hydroxylation is 1. The summed E-state index contributed by atoms with van der Waals surface area (Å²) in [5, 5.41) is 6.05. The smallest absolute Gasteiger partial charge is 0.315 e. The first-order valence-corrected chi connectivity index (χ1v) is 9.24. The first kappa shape index (κ1) is 20.0. The van der Waals surface area contributed by atoms with Crippen LogP contribution >= 0.6 is 0 Å². The second-order valence-electron chi connectivity index (χ2n) is 7.25. The van der Waals surface area contributed by atoms with Gasteiger partial charge in [0.05, 0.1) is 0 Å². The number of urea groups is 1. The SMILES string of the molecule is Cc1ccc(CC(C)NC(=O)NCC(Cc2ccccc2)N(C)C)cc1. The minimum absolute atomic E-state index is 0.0876. The van der Waals surface area contributed by atoms with Gasteiger partial charge in [0.1, 0.15) is 0 Å². The maximum atomic E-state index is 12.2. The summed E-state index contributed by atoms with van der Waals surface area (Å²) in [6, 6.07) is 19.1. The molecule has 0 spiro atoms. The summed E-state index contributed by atoms with van der Waals surface area (Å²) in [5.41, 5.74) is 3.76. The highest BCUT2D eigenvalue weighted by Crippen LogP contribution is 2.07. The lowest BCUT2D eigenvalue weighted by Gasteiger charge is -2.25. The molecule has 0 aliphatic carbocycles. The number of carbonyl (C=O) groups is 1.